The fourth-order valence-corrected chi connectivity index (χ4v) is 3.66. The first-order valence-corrected chi connectivity index (χ1v) is 9.30. The molecule has 1 N–H and O–H groups in total. The molecule has 0 saturated heterocycles. The van der Waals surface area contributed by atoms with Crippen LogP contribution in [0.2, 0.25) is 5.02 Å². The standard InChI is InChI=1S/C23H17ClFNO3/c1-29-17-12-6-14(7-13-17)20-21(18-4-2-3-5-19(18)25)26(23(28)22(20)27)16-10-8-15(24)9-11-16/h2-13,21,27H,1H3/t21-/m1/s1. The highest BCUT2D eigenvalue weighted by Gasteiger charge is 2.43. The minimum Gasteiger partial charge on any atom is -0.503 e. The monoisotopic (exact) mass is 409 g/mol. The number of anilines is 1. The number of carbonyl (C=O) groups is 1. The van der Waals surface area contributed by atoms with Gasteiger partial charge in [-0.2, -0.15) is 0 Å². The van der Waals surface area contributed by atoms with Crippen molar-refractivity contribution in [3.8, 4) is 5.75 Å². The molecule has 4 nitrogen and oxygen atoms in total. The Morgan fingerprint density at radius 2 is 1.66 bits per heavy atom. The lowest BCUT2D eigenvalue weighted by molar-refractivity contribution is -0.117. The number of carbonyl (C=O) groups excluding carboxylic acids is 1. The van der Waals surface area contributed by atoms with E-state index in [4.69, 9.17) is 16.3 Å². The van der Waals surface area contributed by atoms with E-state index < -0.39 is 23.5 Å². The Labute approximate surface area is 172 Å². The molecule has 0 unspecified atom stereocenters. The quantitative estimate of drug-likeness (QED) is 0.615. The van der Waals surface area contributed by atoms with Gasteiger partial charge in [0.1, 0.15) is 11.6 Å². The molecule has 1 amide bonds. The number of amides is 1. The Balaban J connectivity index is 1.91. The summed E-state index contributed by atoms with van der Waals surface area (Å²) in [7, 11) is 1.55. The lowest BCUT2D eigenvalue weighted by Crippen LogP contribution is -2.30. The van der Waals surface area contributed by atoms with Crippen LogP contribution in [0.3, 0.4) is 0 Å². The molecule has 29 heavy (non-hydrogen) atoms. The number of benzene rings is 3. The van der Waals surface area contributed by atoms with Crippen molar-refractivity contribution in [2.75, 3.05) is 12.0 Å². The molecule has 0 bridgehead atoms. The van der Waals surface area contributed by atoms with E-state index >= 15 is 0 Å². The van der Waals surface area contributed by atoms with Crippen LogP contribution >= 0.6 is 11.6 Å². The highest BCUT2D eigenvalue weighted by atomic mass is 35.5. The largest absolute Gasteiger partial charge is 0.503 e. The first kappa shape index (κ1) is 19.0. The van der Waals surface area contributed by atoms with Crippen molar-refractivity contribution in [2.45, 2.75) is 6.04 Å². The summed E-state index contributed by atoms with van der Waals surface area (Å²) >= 11 is 5.98. The number of methoxy groups -OCH3 is 1. The normalized spacial score (nSPS) is 16.4. The van der Waals surface area contributed by atoms with Crippen LogP contribution in [0, 0.1) is 5.82 Å². The summed E-state index contributed by atoms with van der Waals surface area (Å²) < 4.78 is 20.0. The van der Waals surface area contributed by atoms with E-state index in [1.54, 1.807) is 73.8 Å². The van der Waals surface area contributed by atoms with Gasteiger partial charge in [0.15, 0.2) is 5.76 Å². The molecule has 6 heteroatoms. The fourth-order valence-electron chi connectivity index (χ4n) is 3.53. The average molecular weight is 410 g/mol. The Morgan fingerprint density at radius 1 is 1.00 bits per heavy atom. The lowest BCUT2D eigenvalue weighted by Gasteiger charge is -2.27. The Hall–Kier alpha value is -3.31. The molecule has 0 fully saturated rings. The highest BCUT2D eigenvalue weighted by Crippen LogP contribution is 2.46. The maximum atomic E-state index is 14.8. The summed E-state index contributed by atoms with van der Waals surface area (Å²) in [5.74, 6) is -0.857. The zero-order valence-electron chi connectivity index (χ0n) is 15.5. The number of nitrogens with zero attached hydrogens (tertiary/aromatic N) is 1. The molecule has 4 rings (SSSR count). The van der Waals surface area contributed by atoms with Crippen molar-refractivity contribution in [1.82, 2.24) is 0 Å². The van der Waals surface area contributed by atoms with Crippen LogP contribution in [0.1, 0.15) is 17.2 Å². The van der Waals surface area contributed by atoms with Crippen molar-refractivity contribution in [3.05, 3.63) is 101 Å². The third-order valence-corrected chi connectivity index (χ3v) is 5.17. The average Bonchev–Trinajstić information content (AvgIpc) is 3.00. The van der Waals surface area contributed by atoms with Crippen molar-refractivity contribution in [1.29, 1.82) is 0 Å². The molecule has 146 valence electrons. The molecule has 1 aliphatic rings. The second-order valence-electron chi connectivity index (χ2n) is 6.57. The van der Waals surface area contributed by atoms with E-state index in [0.717, 1.165) is 0 Å². The van der Waals surface area contributed by atoms with Gasteiger partial charge in [-0.1, -0.05) is 41.9 Å². The molecule has 0 radical (unpaired) electrons. The molecule has 0 aliphatic carbocycles. The van der Waals surface area contributed by atoms with Crippen molar-refractivity contribution < 1.29 is 19.0 Å². The summed E-state index contributed by atoms with van der Waals surface area (Å²) in [5.41, 5.74) is 1.72. The molecule has 1 heterocycles. The predicted molar refractivity (Wildman–Crippen MR) is 111 cm³/mol. The number of rotatable bonds is 4. The van der Waals surface area contributed by atoms with E-state index in [1.807, 2.05) is 0 Å². The van der Waals surface area contributed by atoms with E-state index in [-0.39, 0.29) is 5.56 Å². The molecule has 3 aromatic rings. The Morgan fingerprint density at radius 3 is 2.28 bits per heavy atom. The lowest BCUT2D eigenvalue weighted by atomic mass is 9.93. The minimum absolute atomic E-state index is 0.283. The summed E-state index contributed by atoms with van der Waals surface area (Å²) in [6.45, 7) is 0. The SMILES string of the molecule is COc1ccc(C2=C(O)C(=O)N(c3ccc(Cl)cc3)[C@@H]2c2ccccc2F)cc1. The van der Waals surface area contributed by atoms with E-state index in [1.165, 1.54) is 11.0 Å². The molecule has 1 aliphatic heterocycles. The molecule has 0 saturated carbocycles. The predicted octanol–water partition coefficient (Wildman–Crippen LogP) is 5.54. The van der Waals surface area contributed by atoms with Crippen LogP contribution in [0.15, 0.2) is 78.6 Å². The van der Waals surface area contributed by atoms with Crippen molar-refractivity contribution in [2.24, 2.45) is 0 Å². The van der Waals surface area contributed by atoms with Gasteiger partial charge in [-0.15, -0.1) is 0 Å². The second-order valence-corrected chi connectivity index (χ2v) is 7.00. The van der Waals surface area contributed by atoms with E-state index in [9.17, 15) is 14.3 Å². The van der Waals surface area contributed by atoms with Gasteiger partial charge < -0.3 is 9.84 Å². The molecular formula is C23H17ClFNO3. The number of aliphatic hydroxyl groups excluding tert-OH is 1. The van der Waals surface area contributed by atoms with Gasteiger partial charge in [-0.05, 0) is 48.0 Å². The van der Waals surface area contributed by atoms with Crippen LogP contribution in [-0.4, -0.2) is 18.1 Å². The fraction of sp³-hybridized carbons (Fsp3) is 0.0870. The summed E-state index contributed by atoms with van der Waals surface area (Å²) in [5, 5.41) is 11.3. The molecule has 0 spiro atoms. The van der Waals surface area contributed by atoms with Crippen molar-refractivity contribution >= 4 is 28.8 Å². The summed E-state index contributed by atoms with van der Waals surface area (Å²) in [6, 6.07) is 18.9. The van der Waals surface area contributed by atoms with E-state index in [0.29, 0.717) is 27.6 Å². The maximum Gasteiger partial charge on any atom is 0.294 e. The van der Waals surface area contributed by atoms with Crippen LogP contribution in [0.25, 0.3) is 5.57 Å². The Bertz CT molecular complexity index is 1090. The first-order valence-electron chi connectivity index (χ1n) is 8.92. The van der Waals surface area contributed by atoms with Crippen molar-refractivity contribution in [3.63, 3.8) is 0 Å². The van der Waals surface area contributed by atoms with Gasteiger partial charge in [0.2, 0.25) is 0 Å². The second kappa shape index (κ2) is 7.60. The van der Waals surface area contributed by atoms with Crippen LogP contribution < -0.4 is 9.64 Å². The molecule has 0 aromatic heterocycles. The van der Waals surface area contributed by atoms with Gasteiger partial charge in [0.25, 0.3) is 5.91 Å². The van der Waals surface area contributed by atoms with Crippen LogP contribution in [0.4, 0.5) is 10.1 Å². The Kier molecular flexibility index (Phi) is 4.99. The molecular weight excluding hydrogens is 393 g/mol. The molecule has 1 atom stereocenters. The number of hydrogen-bond donors (Lipinski definition) is 1. The van der Waals surface area contributed by atoms with Gasteiger partial charge in [0, 0.05) is 21.8 Å². The number of halogens is 2. The van der Waals surface area contributed by atoms with Gasteiger partial charge in [-0.3, -0.25) is 9.69 Å². The smallest absolute Gasteiger partial charge is 0.294 e. The third kappa shape index (κ3) is 3.34. The number of hydrogen-bond acceptors (Lipinski definition) is 3. The summed E-state index contributed by atoms with van der Waals surface area (Å²) in [6.07, 6.45) is 0. The zero-order chi connectivity index (χ0) is 20.5. The van der Waals surface area contributed by atoms with Gasteiger partial charge in [-0.25, -0.2) is 4.39 Å². The minimum atomic E-state index is -0.835. The van der Waals surface area contributed by atoms with Gasteiger partial charge in [0.05, 0.1) is 13.2 Å². The maximum absolute atomic E-state index is 14.8. The number of ether oxygens (including phenoxy) is 1. The van der Waals surface area contributed by atoms with Crippen LogP contribution in [0.5, 0.6) is 5.75 Å². The van der Waals surface area contributed by atoms with Crippen LogP contribution in [-0.2, 0) is 4.79 Å². The highest BCUT2D eigenvalue weighted by molar-refractivity contribution is 6.30. The summed E-state index contributed by atoms with van der Waals surface area (Å²) in [4.78, 5) is 14.4. The number of aliphatic hydroxyl groups is 1. The van der Waals surface area contributed by atoms with E-state index in [2.05, 4.69) is 0 Å². The first-order chi connectivity index (χ1) is 14.0. The van der Waals surface area contributed by atoms with Gasteiger partial charge >= 0.3 is 0 Å². The third-order valence-electron chi connectivity index (χ3n) is 4.91. The molecule has 3 aromatic carbocycles. The topological polar surface area (TPSA) is 49.8 Å². The zero-order valence-corrected chi connectivity index (χ0v) is 16.2.